The number of rotatable bonds is 6. The van der Waals surface area contributed by atoms with Gasteiger partial charge in [-0.05, 0) is 51.6 Å². The van der Waals surface area contributed by atoms with Gasteiger partial charge in [0.2, 0.25) is 0 Å². The molecule has 2 N–H and O–H groups in total. The third-order valence-electron chi connectivity index (χ3n) is 4.11. The highest BCUT2D eigenvalue weighted by atomic mass is 15.2. The molecule has 1 aliphatic carbocycles. The van der Waals surface area contributed by atoms with Crippen molar-refractivity contribution in [2.24, 2.45) is 10.9 Å². The number of aliphatic imine (C=N–C) groups is 1. The molecular formula is C16H30N4. The molecule has 0 aromatic heterocycles. The van der Waals surface area contributed by atoms with Crippen LogP contribution >= 0.6 is 0 Å². The largest absolute Gasteiger partial charge is 0.357 e. The molecule has 0 spiro atoms. The molecule has 20 heavy (non-hydrogen) atoms. The molecule has 4 heteroatoms. The molecular weight excluding hydrogens is 248 g/mol. The van der Waals surface area contributed by atoms with Gasteiger partial charge in [-0.3, -0.25) is 4.99 Å². The predicted molar refractivity (Wildman–Crippen MR) is 86.1 cm³/mol. The number of hydrogen-bond acceptors (Lipinski definition) is 2. The van der Waals surface area contributed by atoms with Gasteiger partial charge >= 0.3 is 0 Å². The molecule has 1 heterocycles. The number of hydrogen-bond donors (Lipinski definition) is 2. The van der Waals surface area contributed by atoms with Crippen molar-refractivity contribution in [3.8, 4) is 0 Å². The summed E-state index contributed by atoms with van der Waals surface area (Å²) < 4.78 is 0. The van der Waals surface area contributed by atoms with Gasteiger partial charge in [0.25, 0.3) is 0 Å². The summed E-state index contributed by atoms with van der Waals surface area (Å²) in [4.78, 5) is 7.36. The average Bonchev–Trinajstić information content (AvgIpc) is 3.08. The Hall–Kier alpha value is -1.03. The van der Waals surface area contributed by atoms with Crippen LogP contribution in [0.1, 0.15) is 39.5 Å². The smallest absolute Gasteiger partial charge is 0.191 e. The molecule has 114 valence electrons. The second-order valence-electron chi connectivity index (χ2n) is 5.96. The van der Waals surface area contributed by atoms with Crippen LogP contribution in [0.2, 0.25) is 0 Å². The van der Waals surface area contributed by atoms with E-state index in [2.05, 4.69) is 41.5 Å². The van der Waals surface area contributed by atoms with Crippen molar-refractivity contribution < 1.29 is 0 Å². The lowest BCUT2D eigenvalue weighted by atomic mass is 10.1. The summed E-state index contributed by atoms with van der Waals surface area (Å²) in [5.74, 6) is 1.73. The minimum absolute atomic E-state index is 0.535. The van der Waals surface area contributed by atoms with Crippen LogP contribution in [0, 0.1) is 5.92 Å². The first-order valence-corrected chi connectivity index (χ1v) is 8.24. The third-order valence-corrected chi connectivity index (χ3v) is 4.11. The first kappa shape index (κ1) is 15.4. The van der Waals surface area contributed by atoms with Gasteiger partial charge in [0.05, 0.1) is 0 Å². The van der Waals surface area contributed by atoms with Crippen LogP contribution in [0.4, 0.5) is 0 Å². The minimum atomic E-state index is 0.535. The number of guanidine groups is 1. The summed E-state index contributed by atoms with van der Waals surface area (Å²) in [6, 6.07) is 0.535. The zero-order chi connectivity index (χ0) is 14.2. The van der Waals surface area contributed by atoms with E-state index in [9.17, 15) is 0 Å². The minimum Gasteiger partial charge on any atom is -0.357 e. The Morgan fingerprint density at radius 3 is 2.80 bits per heavy atom. The van der Waals surface area contributed by atoms with Crippen LogP contribution in [0.15, 0.2) is 17.1 Å². The first-order valence-electron chi connectivity index (χ1n) is 8.24. The summed E-state index contributed by atoms with van der Waals surface area (Å²) in [5, 5.41) is 6.91. The van der Waals surface area contributed by atoms with E-state index in [1.54, 1.807) is 0 Å². The molecule has 2 rings (SSSR count). The zero-order valence-corrected chi connectivity index (χ0v) is 13.1. The van der Waals surface area contributed by atoms with Gasteiger partial charge in [-0.2, -0.15) is 0 Å². The molecule has 0 aromatic carbocycles. The van der Waals surface area contributed by atoms with Crippen LogP contribution in [-0.2, 0) is 0 Å². The molecule has 0 aromatic rings. The Labute approximate surface area is 123 Å². The maximum absolute atomic E-state index is 4.79. The van der Waals surface area contributed by atoms with E-state index in [4.69, 9.17) is 4.99 Å². The van der Waals surface area contributed by atoms with E-state index >= 15 is 0 Å². The van der Waals surface area contributed by atoms with Crippen molar-refractivity contribution in [2.75, 3.05) is 32.7 Å². The fourth-order valence-corrected chi connectivity index (χ4v) is 3.05. The monoisotopic (exact) mass is 278 g/mol. The van der Waals surface area contributed by atoms with E-state index in [1.807, 2.05) is 0 Å². The fourth-order valence-electron chi connectivity index (χ4n) is 3.05. The Kier molecular flexibility index (Phi) is 6.37. The highest BCUT2D eigenvalue weighted by molar-refractivity contribution is 5.80. The standard InChI is InChI=1S/C16H30N4/c1-3-10-20-11-9-14(13-20)12-18-16(17-4-2)19-15-7-5-6-8-15/h5-6,14-15H,3-4,7-13H2,1-2H3,(H2,17,18,19). The number of nitrogens with one attached hydrogen (secondary N) is 2. The van der Waals surface area contributed by atoms with Crippen molar-refractivity contribution in [2.45, 2.75) is 45.6 Å². The molecule has 1 fully saturated rings. The van der Waals surface area contributed by atoms with Crippen molar-refractivity contribution >= 4 is 5.96 Å². The molecule has 1 unspecified atom stereocenters. The van der Waals surface area contributed by atoms with Crippen LogP contribution in [0.5, 0.6) is 0 Å². The molecule has 0 amide bonds. The molecule has 1 aliphatic heterocycles. The molecule has 4 nitrogen and oxygen atoms in total. The first-order chi connectivity index (χ1) is 9.81. The van der Waals surface area contributed by atoms with Gasteiger partial charge in [-0.1, -0.05) is 19.1 Å². The normalized spacial score (nSPS) is 24.5. The van der Waals surface area contributed by atoms with Crippen molar-refractivity contribution in [1.82, 2.24) is 15.5 Å². The maximum Gasteiger partial charge on any atom is 0.191 e. The van der Waals surface area contributed by atoms with Crippen LogP contribution < -0.4 is 10.6 Å². The Morgan fingerprint density at radius 2 is 2.10 bits per heavy atom. The highest BCUT2D eigenvalue weighted by Crippen LogP contribution is 2.16. The molecule has 1 atom stereocenters. The van der Waals surface area contributed by atoms with Gasteiger partial charge in [-0.25, -0.2) is 0 Å². The second-order valence-corrected chi connectivity index (χ2v) is 5.96. The van der Waals surface area contributed by atoms with Crippen LogP contribution in [0.25, 0.3) is 0 Å². The average molecular weight is 278 g/mol. The van der Waals surface area contributed by atoms with Crippen molar-refractivity contribution in [3.63, 3.8) is 0 Å². The van der Waals surface area contributed by atoms with Gasteiger partial charge in [0.1, 0.15) is 0 Å². The van der Waals surface area contributed by atoms with Gasteiger partial charge < -0.3 is 15.5 Å². The van der Waals surface area contributed by atoms with Crippen molar-refractivity contribution in [1.29, 1.82) is 0 Å². The summed E-state index contributed by atoms with van der Waals surface area (Å²) in [5.41, 5.74) is 0. The molecule has 0 radical (unpaired) electrons. The lowest BCUT2D eigenvalue weighted by molar-refractivity contribution is 0.326. The lowest BCUT2D eigenvalue weighted by Crippen LogP contribution is -2.42. The van der Waals surface area contributed by atoms with E-state index in [0.29, 0.717) is 6.04 Å². The summed E-state index contributed by atoms with van der Waals surface area (Å²) in [7, 11) is 0. The Bertz CT molecular complexity index is 329. The molecule has 0 bridgehead atoms. The van der Waals surface area contributed by atoms with Gasteiger partial charge in [0.15, 0.2) is 5.96 Å². The van der Waals surface area contributed by atoms with E-state index in [1.165, 1.54) is 32.5 Å². The summed E-state index contributed by atoms with van der Waals surface area (Å²) in [6.45, 7) is 9.99. The quantitative estimate of drug-likeness (QED) is 0.443. The van der Waals surface area contributed by atoms with E-state index < -0.39 is 0 Å². The van der Waals surface area contributed by atoms with Gasteiger partial charge in [-0.15, -0.1) is 0 Å². The Morgan fingerprint density at radius 1 is 1.30 bits per heavy atom. The van der Waals surface area contributed by atoms with Gasteiger partial charge in [0, 0.05) is 25.7 Å². The summed E-state index contributed by atoms with van der Waals surface area (Å²) in [6.07, 6.45) is 9.31. The molecule has 2 aliphatic rings. The maximum atomic E-state index is 4.79. The summed E-state index contributed by atoms with van der Waals surface area (Å²) >= 11 is 0. The van der Waals surface area contributed by atoms with Crippen molar-refractivity contribution in [3.05, 3.63) is 12.2 Å². The molecule has 0 saturated carbocycles. The fraction of sp³-hybridized carbons (Fsp3) is 0.812. The SMILES string of the molecule is CCCN1CCC(CN=C(NCC)NC2CC=CC2)C1. The van der Waals surface area contributed by atoms with Crippen LogP contribution in [0.3, 0.4) is 0 Å². The Balaban J connectivity index is 1.76. The zero-order valence-electron chi connectivity index (χ0n) is 13.1. The second kappa shape index (κ2) is 8.30. The van der Waals surface area contributed by atoms with E-state index in [-0.39, 0.29) is 0 Å². The topological polar surface area (TPSA) is 39.7 Å². The highest BCUT2D eigenvalue weighted by Gasteiger charge is 2.21. The molecule has 1 saturated heterocycles. The third kappa shape index (κ3) is 4.82. The van der Waals surface area contributed by atoms with Crippen LogP contribution in [-0.4, -0.2) is 49.6 Å². The van der Waals surface area contributed by atoms with E-state index in [0.717, 1.165) is 37.8 Å². The predicted octanol–water partition coefficient (Wildman–Crippen LogP) is 1.99. The number of nitrogens with zero attached hydrogens (tertiary/aromatic N) is 2. The lowest BCUT2D eigenvalue weighted by Gasteiger charge is -2.18. The number of likely N-dealkylation sites (tertiary alicyclic amines) is 1.